The topological polar surface area (TPSA) is 55.1 Å². The highest BCUT2D eigenvalue weighted by Gasteiger charge is 2.34. The molecule has 3 N–H and O–H groups in total. The minimum Gasteiger partial charge on any atom is -0.351 e. The maximum Gasteiger partial charge on any atom is 0.244 e. The van der Waals surface area contributed by atoms with Gasteiger partial charge in [-0.25, -0.2) is 0 Å². The minimum atomic E-state index is -0.955. The average molecular weight is 320 g/mol. The van der Waals surface area contributed by atoms with E-state index in [9.17, 15) is 4.79 Å². The lowest BCUT2D eigenvalue weighted by Gasteiger charge is -2.24. The molecule has 17 heavy (non-hydrogen) atoms. The zero-order valence-corrected chi connectivity index (χ0v) is 12.0. The van der Waals surface area contributed by atoms with Crippen LogP contribution in [0.4, 0.5) is 0 Å². The van der Waals surface area contributed by atoms with E-state index in [4.69, 9.17) is 5.73 Å². The largest absolute Gasteiger partial charge is 0.351 e. The molecular weight excluding hydrogens is 304 g/mol. The number of benzene rings is 1. The summed E-state index contributed by atoms with van der Waals surface area (Å²) in [6, 6.07) is 7.87. The third kappa shape index (κ3) is 3.44. The van der Waals surface area contributed by atoms with Crippen molar-refractivity contribution in [3.8, 4) is 0 Å². The second-order valence-corrected chi connectivity index (χ2v) is 5.37. The summed E-state index contributed by atoms with van der Waals surface area (Å²) >= 11 is 3.36. The summed E-state index contributed by atoms with van der Waals surface area (Å²) in [6.07, 6.45) is 2.14. The molecule has 1 aliphatic carbocycles. The van der Waals surface area contributed by atoms with Gasteiger partial charge in [-0.15, -0.1) is 12.4 Å². The quantitative estimate of drug-likeness (QED) is 0.898. The monoisotopic (exact) mass is 318 g/mol. The summed E-state index contributed by atoms with van der Waals surface area (Å²) in [4.78, 5) is 12.0. The summed E-state index contributed by atoms with van der Waals surface area (Å²) in [5, 5.41) is 2.93. The first-order chi connectivity index (χ1) is 7.50. The second kappa shape index (κ2) is 5.38. The number of hydrogen-bond acceptors (Lipinski definition) is 2. The van der Waals surface area contributed by atoms with Crippen molar-refractivity contribution in [1.82, 2.24) is 5.32 Å². The highest BCUT2D eigenvalue weighted by molar-refractivity contribution is 9.10. The van der Waals surface area contributed by atoms with Crippen molar-refractivity contribution in [2.24, 2.45) is 5.73 Å². The summed E-state index contributed by atoms with van der Waals surface area (Å²) in [7, 11) is 0. The Morgan fingerprint density at radius 2 is 1.94 bits per heavy atom. The van der Waals surface area contributed by atoms with Crippen LogP contribution >= 0.6 is 28.3 Å². The van der Waals surface area contributed by atoms with E-state index in [2.05, 4.69) is 21.2 Å². The zero-order valence-electron chi connectivity index (χ0n) is 9.57. The van der Waals surface area contributed by atoms with Gasteiger partial charge in [0, 0.05) is 10.5 Å². The lowest BCUT2D eigenvalue weighted by Crippen LogP contribution is -2.49. The van der Waals surface area contributed by atoms with Crippen LogP contribution in [0.15, 0.2) is 28.7 Å². The molecule has 1 aromatic rings. The van der Waals surface area contributed by atoms with Crippen LogP contribution in [0.3, 0.4) is 0 Å². The van der Waals surface area contributed by atoms with Crippen LogP contribution in [0.1, 0.15) is 25.3 Å². The first kappa shape index (κ1) is 14.5. The summed E-state index contributed by atoms with van der Waals surface area (Å²) in [5.41, 5.74) is 5.95. The van der Waals surface area contributed by atoms with Crippen LogP contribution in [0.5, 0.6) is 0 Å². The molecule has 1 unspecified atom stereocenters. The lowest BCUT2D eigenvalue weighted by atomic mass is 9.92. The van der Waals surface area contributed by atoms with Crippen molar-refractivity contribution in [2.45, 2.75) is 31.3 Å². The molecule has 1 amide bonds. The standard InChI is InChI=1S/C12H15BrN2O.ClH/c1-12(14,11(16)15-10-6-7-10)8-2-4-9(13)5-3-8;/h2-5,10H,6-7,14H2,1H3,(H,15,16);1H. The van der Waals surface area contributed by atoms with Gasteiger partial charge in [-0.3, -0.25) is 4.79 Å². The zero-order chi connectivity index (χ0) is 11.8. The van der Waals surface area contributed by atoms with E-state index in [1.807, 2.05) is 24.3 Å². The fourth-order valence-corrected chi connectivity index (χ4v) is 1.75. The molecule has 0 bridgehead atoms. The predicted octanol–water partition coefficient (Wildman–Crippen LogP) is 2.32. The molecule has 1 aromatic carbocycles. The number of halogens is 2. The van der Waals surface area contributed by atoms with E-state index in [1.54, 1.807) is 6.92 Å². The predicted molar refractivity (Wildman–Crippen MR) is 74.1 cm³/mol. The SMILES string of the molecule is CC(N)(C(=O)NC1CC1)c1ccc(Br)cc1.Cl. The van der Waals surface area contributed by atoms with Crippen LogP contribution in [0, 0.1) is 0 Å². The lowest BCUT2D eigenvalue weighted by molar-refractivity contribution is -0.126. The van der Waals surface area contributed by atoms with Gasteiger partial charge in [0.05, 0.1) is 0 Å². The molecular formula is C12H16BrClN2O. The number of amides is 1. The Labute approximate surface area is 116 Å². The Morgan fingerprint density at radius 3 is 2.41 bits per heavy atom. The summed E-state index contributed by atoms with van der Waals surface area (Å²) in [6.45, 7) is 1.74. The molecule has 5 heteroatoms. The molecule has 0 aromatic heterocycles. The first-order valence-electron chi connectivity index (χ1n) is 5.36. The van der Waals surface area contributed by atoms with E-state index in [0.29, 0.717) is 6.04 Å². The summed E-state index contributed by atoms with van der Waals surface area (Å²) in [5.74, 6) is -0.0997. The number of nitrogens with one attached hydrogen (secondary N) is 1. The molecule has 1 fully saturated rings. The fourth-order valence-electron chi connectivity index (χ4n) is 1.49. The third-order valence-corrected chi connectivity index (χ3v) is 3.36. The van der Waals surface area contributed by atoms with Crippen molar-refractivity contribution < 1.29 is 4.79 Å². The van der Waals surface area contributed by atoms with Gasteiger partial charge >= 0.3 is 0 Å². The van der Waals surface area contributed by atoms with Crippen molar-refractivity contribution in [2.75, 3.05) is 0 Å². The van der Waals surface area contributed by atoms with Gasteiger partial charge < -0.3 is 11.1 Å². The second-order valence-electron chi connectivity index (χ2n) is 4.46. The van der Waals surface area contributed by atoms with Crippen LogP contribution in [0.25, 0.3) is 0 Å². The molecule has 2 rings (SSSR count). The average Bonchev–Trinajstić information content (AvgIpc) is 3.02. The van der Waals surface area contributed by atoms with Crippen molar-refractivity contribution >= 4 is 34.2 Å². The Balaban J connectivity index is 0.00000144. The van der Waals surface area contributed by atoms with Gasteiger partial charge in [0.2, 0.25) is 5.91 Å². The van der Waals surface area contributed by atoms with Gasteiger partial charge in [-0.2, -0.15) is 0 Å². The first-order valence-corrected chi connectivity index (χ1v) is 6.15. The Bertz CT molecular complexity index is 401. The number of nitrogens with two attached hydrogens (primary N) is 1. The van der Waals surface area contributed by atoms with Crippen molar-refractivity contribution in [3.63, 3.8) is 0 Å². The highest BCUT2D eigenvalue weighted by Crippen LogP contribution is 2.24. The summed E-state index contributed by atoms with van der Waals surface area (Å²) < 4.78 is 0.981. The molecule has 1 saturated carbocycles. The molecule has 94 valence electrons. The van der Waals surface area contributed by atoms with Crippen LogP contribution in [-0.4, -0.2) is 11.9 Å². The van der Waals surface area contributed by atoms with Gasteiger partial charge in [0.15, 0.2) is 0 Å². The Hall–Kier alpha value is -0.580. The maximum atomic E-state index is 12.0. The molecule has 1 aliphatic rings. The van der Waals surface area contributed by atoms with Gasteiger partial charge in [0.1, 0.15) is 5.54 Å². The van der Waals surface area contributed by atoms with E-state index >= 15 is 0 Å². The number of carbonyl (C=O) groups is 1. The molecule has 0 radical (unpaired) electrons. The molecule has 1 atom stereocenters. The maximum absolute atomic E-state index is 12.0. The number of hydrogen-bond donors (Lipinski definition) is 2. The van der Waals surface area contributed by atoms with Crippen molar-refractivity contribution in [3.05, 3.63) is 34.3 Å². The molecule has 0 saturated heterocycles. The number of rotatable bonds is 3. The van der Waals surface area contributed by atoms with Gasteiger partial charge in [-0.05, 0) is 37.5 Å². The van der Waals surface area contributed by atoms with Crippen LogP contribution < -0.4 is 11.1 Å². The van der Waals surface area contributed by atoms with Crippen molar-refractivity contribution in [1.29, 1.82) is 0 Å². The molecule has 0 heterocycles. The normalized spacial score (nSPS) is 17.8. The van der Waals surface area contributed by atoms with E-state index in [-0.39, 0.29) is 18.3 Å². The van der Waals surface area contributed by atoms with Gasteiger partial charge in [-0.1, -0.05) is 28.1 Å². The Morgan fingerprint density at radius 1 is 1.41 bits per heavy atom. The Kier molecular flexibility index (Phi) is 4.58. The minimum absolute atomic E-state index is 0. The molecule has 3 nitrogen and oxygen atoms in total. The fraction of sp³-hybridized carbons (Fsp3) is 0.417. The molecule has 0 aliphatic heterocycles. The smallest absolute Gasteiger partial charge is 0.244 e. The highest BCUT2D eigenvalue weighted by atomic mass is 79.9. The van der Waals surface area contributed by atoms with E-state index in [0.717, 1.165) is 22.9 Å². The number of carbonyl (C=O) groups excluding carboxylic acids is 1. The van der Waals surface area contributed by atoms with Crippen LogP contribution in [-0.2, 0) is 10.3 Å². The van der Waals surface area contributed by atoms with E-state index in [1.165, 1.54) is 0 Å². The van der Waals surface area contributed by atoms with Crippen LogP contribution in [0.2, 0.25) is 0 Å². The van der Waals surface area contributed by atoms with E-state index < -0.39 is 5.54 Å². The third-order valence-electron chi connectivity index (χ3n) is 2.83. The molecule has 0 spiro atoms. The van der Waals surface area contributed by atoms with Gasteiger partial charge in [0.25, 0.3) is 0 Å².